The monoisotopic (exact) mass is 390 g/mol. The van der Waals surface area contributed by atoms with E-state index in [0.29, 0.717) is 11.7 Å². The largest absolute Gasteiger partial charge is 0.497 e. The predicted molar refractivity (Wildman–Crippen MR) is 113 cm³/mol. The number of hydrogen-bond acceptors (Lipinski definition) is 5. The molecule has 0 bridgehead atoms. The molecule has 0 spiro atoms. The van der Waals surface area contributed by atoms with Crippen LogP contribution in [0, 0.1) is 6.92 Å². The molecule has 140 valence electrons. The first-order valence-electron chi connectivity index (χ1n) is 8.89. The fourth-order valence-corrected chi connectivity index (χ4v) is 3.23. The predicted octanol–water partition coefficient (Wildman–Crippen LogP) is 5.27. The summed E-state index contributed by atoms with van der Waals surface area (Å²) in [6, 6.07) is 17.9. The van der Waals surface area contributed by atoms with Gasteiger partial charge >= 0.3 is 0 Å². The molecule has 6 heteroatoms. The van der Waals surface area contributed by atoms with Crippen LogP contribution in [0.25, 0.3) is 22.2 Å². The summed E-state index contributed by atoms with van der Waals surface area (Å²) in [6.45, 7) is 2.45. The molecule has 4 rings (SSSR count). The van der Waals surface area contributed by atoms with Crippen molar-refractivity contribution in [1.29, 1.82) is 0 Å². The first kappa shape index (κ1) is 18.2. The first-order chi connectivity index (χ1) is 13.6. The lowest BCUT2D eigenvalue weighted by Crippen LogP contribution is -2.02. The molecule has 0 aliphatic rings. The van der Waals surface area contributed by atoms with Crippen LogP contribution in [0.2, 0.25) is 5.15 Å². The van der Waals surface area contributed by atoms with Crippen molar-refractivity contribution in [3.8, 4) is 17.0 Å². The summed E-state index contributed by atoms with van der Waals surface area (Å²) < 4.78 is 5.25. The van der Waals surface area contributed by atoms with E-state index in [1.54, 1.807) is 13.3 Å². The fourth-order valence-electron chi connectivity index (χ4n) is 3.02. The smallest absolute Gasteiger partial charge is 0.134 e. The zero-order chi connectivity index (χ0) is 19.5. The van der Waals surface area contributed by atoms with Gasteiger partial charge in [0.05, 0.1) is 18.3 Å². The minimum Gasteiger partial charge on any atom is -0.497 e. The van der Waals surface area contributed by atoms with Crippen LogP contribution in [0.5, 0.6) is 5.75 Å². The Morgan fingerprint density at radius 3 is 2.75 bits per heavy atom. The Bertz CT molecular complexity index is 1150. The Kier molecular flexibility index (Phi) is 5.08. The van der Waals surface area contributed by atoms with Gasteiger partial charge in [0.25, 0.3) is 0 Å². The highest BCUT2D eigenvalue weighted by molar-refractivity contribution is 6.30. The lowest BCUT2D eigenvalue weighted by atomic mass is 10.1. The molecule has 2 aromatic carbocycles. The average molecular weight is 391 g/mol. The second-order valence-corrected chi connectivity index (χ2v) is 6.78. The summed E-state index contributed by atoms with van der Waals surface area (Å²) in [4.78, 5) is 13.1. The van der Waals surface area contributed by atoms with Crippen molar-refractivity contribution >= 4 is 28.2 Å². The van der Waals surface area contributed by atoms with E-state index in [0.717, 1.165) is 45.0 Å². The molecule has 0 saturated heterocycles. The van der Waals surface area contributed by atoms with Crippen molar-refractivity contribution in [3.63, 3.8) is 0 Å². The highest BCUT2D eigenvalue weighted by atomic mass is 35.5. The van der Waals surface area contributed by atoms with E-state index in [4.69, 9.17) is 16.3 Å². The van der Waals surface area contributed by atoms with E-state index in [-0.39, 0.29) is 0 Å². The third kappa shape index (κ3) is 3.89. The number of fused-ring (bicyclic) bond motifs is 1. The molecule has 0 aliphatic carbocycles. The van der Waals surface area contributed by atoms with E-state index in [9.17, 15) is 0 Å². The van der Waals surface area contributed by atoms with Gasteiger partial charge in [-0.2, -0.15) is 0 Å². The van der Waals surface area contributed by atoms with Crippen LogP contribution >= 0.6 is 11.6 Å². The van der Waals surface area contributed by atoms with Crippen LogP contribution in [0.15, 0.2) is 60.8 Å². The summed E-state index contributed by atoms with van der Waals surface area (Å²) in [5.41, 5.74) is 4.66. The Hall–Kier alpha value is -3.18. The van der Waals surface area contributed by atoms with Gasteiger partial charge in [0, 0.05) is 41.0 Å². The van der Waals surface area contributed by atoms with Gasteiger partial charge in [-0.05, 0) is 43.3 Å². The molecule has 0 aliphatic heterocycles. The van der Waals surface area contributed by atoms with Gasteiger partial charge in [-0.15, -0.1) is 0 Å². The van der Waals surface area contributed by atoms with Crippen LogP contribution in [-0.4, -0.2) is 22.1 Å². The molecule has 2 heterocycles. The number of nitrogens with one attached hydrogen (secondary N) is 1. The van der Waals surface area contributed by atoms with E-state index in [1.807, 2.05) is 49.4 Å². The fraction of sp³-hybridized carbons (Fsp3) is 0.136. The van der Waals surface area contributed by atoms with Gasteiger partial charge < -0.3 is 10.1 Å². The lowest BCUT2D eigenvalue weighted by Gasteiger charge is -2.11. The molecule has 0 saturated carbocycles. The maximum Gasteiger partial charge on any atom is 0.134 e. The van der Waals surface area contributed by atoms with Gasteiger partial charge in [-0.25, -0.2) is 15.0 Å². The molecule has 5 nitrogen and oxygen atoms in total. The van der Waals surface area contributed by atoms with Crippen molar-refractivity contribution in [2.24, 2.45) is 0 Å². The number of halogens is 1. The number of ether oxygens (including phenoxy) is 1. The van der Waals surface area contributed by atoms with Gasteiger partial charge in [0.2, 0.25) is 0 Å². The van der Waals surface area contributed by atoms with Crippen LogP contribution in [0.3, 0.4) is 0 Å². The molecular weight excluding hydrogens is 372 g/mol. The summed E-state index contributed by atoms with van der Waals surface area (Å²) in [6.07, 6.45) is 1.77. The average Bonchev–Trinajstić information content (AvgIpc) is 2.72. The Morgan fingerprint density at radius 1 is 1.04 bits per heavy atom. The van der Waals surface area contributed by atoms with Crippen molar-refractivity contribution in [1.82, 2.24) is 15.0 Å². The highest BCUT2D eigenvalue weighted by Crippen LogP contribution is 2.26. The zero-order valence-electron chi connectivity index (χ0n) is 15.6. The number of rotatable bonds is 5. The van der Waals surface area contributed by atoms with Crippen LogP contribution in [0.4, 0.5) is 5.69 Å². The minimum absolute atomic E-state index is 0.482. The zero-order valence-corrected chi connectivity index (χ0v) is 16.4. The number of methoxy groups -OCH3 is 1. The molecular formula is C22H19ClN4O. The second kappa shape index (κ2) is 7.82. The van der Waals surface area contributed by atoms with E-state index in [2.05, 4.69) is 32.4 Å². The van der Waals surface area contributed by atoms with Gasteiger partial charge in [-0.3, -0.25) is 0 Å². The third-order valence-electron chi connectivity index (χ3n) is 4.47. The summed E-state index contributed by atoms with van der Waals surface area (Å²) in [7, 11) is 1.64. The number of pyridine rings is 1. The SMILES string of the molecule is COc1ccc2cc(CNc3cccc(-c4ccnc(C)n4)c3)c(Cl)nc2c1. The number of aryl methyl sites for hydroxylation is 1. The molecule has 0 amide bonds. The van der Waals surface area contributed by atoms with Gasteiger partial charge in [0.1, 0.15) is 16.7 Å². The van der Waals surface area contributed by atoms with E-state index < -0.39 is 0 Å². The van der Waals surface area contributed by atoms with Crippen LogP contribution in [-0.2, 0) is 6.54 Å². The highest BCUT2D eigenvalue weighted by Gasteiger charge is 2.07. The van der Waals surface area contributed by atoms with E-state index >= 15 is 0 Å². The quantitative estimate of drug-likeness (QED) is 0.470. The standard InChI is InChI=1S/C22H19ClN4O/c1-14-24-9-8-20(26-14)15-4-3-5-18(11-15)25-13-17-10-16-6-7-19(28-2)12-21(16)27-22(17)23/h3-12,25H,13H2,1-2H3. The molecule has 0 radical (unpaired) electrons. The second-order valence-electron chi connectivity index (χ2n) is 6.42. The molecule has 0 unspecified atom stereocenters. The maximum absolute atomic E-state index is 6.40. The van der Waals surface area contributed by atoms with Crippen LogP contribution in [0.1, 0.15) is 11.4 Å². The van der Waals surface area contributed by atoms with Gasteiger partial charge in [-0.1, -0.05) is 23.7 Å². The number of aromatic nitrogens is 3. The normalized spacial score (nSPS) is 10.8. The summed E-state index contributed by atoms with van der Waals surface area (Å²) in [5, 5.41) is 4.92. The van der Waals surface area contributed by atoms with Crippen LogP contribution < -0.4 is 10.1 Å². The van der Waals surface area contributed by atoms with Crippen molar-refractivity contribution in [2.75, 3.05) is 12.4 Å². The molecule has 2 aromatic heterocycles. The number of nitrogens with zero attached hydrogens (tertiary/aromatic N) is 3. The Labute approximate surface area is 168 Å². The number of benzene rings is 2. The summed E-state index contributed by atoms with van der Waals surface area (Å²) >= 11 is 6.40. The molecule has 28 heavy (non-hydrogen) atoms. The number of anilines is 1. The molecule has 4 aromatic rings. The minimum atomic E-state index is 0.482. The third-order valence-corrected chi connectivity index (χ3v) is 4.80. The van der Waals surface area contributed by atoms with Gasteiger partial charge in [0.15, 0.2) is 0 Å². The van der Waals surface area contributed by atoms with Crippen molar-refractivity contribution < 1.29 is 4.74 Å². The Morgan fingerprint density at radius 2 is 1.93 bits per heavy atom. The molecule has 1 N–H and O–H groups in total. The van der Waals surface area contributed by atoms with Crippen molar-refractivity contribution in [2.45, 2.75) is 13.5 Å². The number of hydrogen-bond donors (Lipinski definition) is 1. The summed E-state index contributed by atoms with van der Waals surface area (Å²) in [5.74, 6) is 1.51. The lowest BCUT2D eigenvalue weighted by molar-refractivity contribution is 0.415. The molecule has 0 fully saturated rings. The van der Waals surface area contributed by atoms with E-state index in [1.165, 1.54) is 0 Å². The molecule has 0 atom stereocenters. The Balaban J connectivity index is 1.56. The maximum atomic E-state index is 6.40. The van der Waals surface area contributed by atoms with Crippen molar-refractivity contribution in [3.05, 3.63) is 77.3 Å². The topological polar surface area (TPSA) is 59.9 Å². The first-order valence-corrected chi connectivity index (χ1v) is 9.27.